The van der Waals surface area contributed by atoms with E-state index in [2.05, 4.69) is 28.5 Å². The van der Waals surface area contributed by atoms with E-state index in [9.17, 15) is 9.90 Å². The minimum Gasteiger partial charge on any atom is -0.393 e. The van der Waals surface area contributed by atoms with Gasteiger partial charge < -0.3 is 10.4 Å². The zero-order chi connectivity index (χ0) is 15.9. The highest BCUT2D eigenvalue weighted by Gasteiger charge is 2.54. The van der Waals surface area contributed by atoms with Crippen LogP contribution < -0.4 is 5.32 Å². The zero-order valence-electron chi connectivity index (χ0n) is 13.3. The third-order valence-electron chi connectivity index (χ3n) is 5.82. The summed E-state index contributed by atoms with van der Waals surface area (Å²) < 4.78 is 0.0221. The van der Waals surface area contributed by atoms with Crippen molar-refractivity contribution in [3.8, 4) is 0 Å². The molecule has 5 heteroatoms. The topological polar surface area (TPSA) is 61.7 Å². The first-order valence-electron chi connectivity index (χ1n) is 8.71. The van der Waals surface area contributed by atoms with Gasteiger partial charge in [0.05, 0.1) is 22.5 Å². The van der Waals surface area contributed by atoms with Crippen molar-refractivity contribution >= 4 is 23.9 Å². The summed E-state index contributed by atoms with van der Waals surface area (Å²) in [6.07, 6.45) is 13.5. The molecule has 23 heavy (non-hydrogen) atoms. The summed E-state index contributed by atoms with van der Waals surface area (Å²) in [7, 11) is 0. The number of thioether (sulfide) groups is 1. The number of hydrogen-bond acceptors (Lipinski definition) is 4. The number of carbonyl (C=O) groups is 1. The van der Waals surface area contributed by atoms with Gasteiger partial charge in [0.1, 0.15) is 0 Å². The van der Waals surface area contributed by atoms with Crippen molar-refractivity contribution in [3.05, 3.63) is 23.9 Å². The maximum atomic E-state index is 12.9. The van der Waals surface area contributed by atoms with Gasteiger partial charge in [0.2, 0.25) is 5.91 Å². The lowest BCUT2D eigenvalue weighted by Crippen LogP contribution is -2.46. The predicted molar refractivity (Wildman–Crippen MR) is 93.5 cm³/mol. The van der Waals surface area contributed by atoms with Crippen LogP contribution in [-0.2, 0) is 4.79 Å². The maximum absolute atomic E-state index is 12.9. The highest BCUT2D eigenvalue weighted by molar-refractivity contribution is 8.01. The Hall–Kier alpha value is -1.07. The Morgan fingerprint density at radius 3 is 3.00 bits per heavy atom. The first kappa shape index (κ1) is 15.5. The van der Waals surface area contributed by atoms with Crippen molar-refractivity contribution < 1.29 is 9.90 Å². The van der Waals surface area contributed by atoms with Crippen molar-refractivity contribution in [2.24, 2.45) is 16.8 Å². The molecule has 124 valence electrons. The van der Waals surface area contributed by atoms with E-state index < -0.39 is 0 Å². The van der Waals surface area contributed by atoms with Crippen LogP contribution in [0.3, 0.4) is 0 Å². The number of aliphatic hydroxyl groups is 1. The molecule has 1 amide bonds. The van der Waals surface area contributed by atoms with Gasteiger partial charge >= 0.3 is 0 Å². The smallest absolute Gasteiger partial charge is 0.224 e. The summed E-state index contributed by atoms with van der Waals surface area (Å²) in [5.74, 6) is 1.54. The molecule has 4 aliphatic rings. The molecule has 2 aliphatic heterocycles. The van der Waals surface area contributed by atoms with Gasteiger partial charge in [-0.15, -0.1) is 11.8 Å². The molecule has 0 aromatic rings. The van der Waals surface area contributed by atoms with Crippen LogP contribution in [0, 0.1) is 11.8 Å². The van der Waals surface area contributed by atoms with E-state index in [4.69, 9.17) is 0 Å². The van der Waals surface area contributed by atoms with Crippen LogP contribution in [0.4, 0.5) is 0 Å². The molecule has 0 aromatic carbocycles. The monoisotopic (exact) mass is 332 g/mol. The summed E-state index contributed by atoms with van der Waals surface area (Å²) in [5.41, 5.74) is 1.15. The van der Waals surface area contributed by atoms with Crippen LogP contribution in [0.5, 0.6) is 0 Å². The number of amides is 1. The number of nitrogens with zero attached hydrogens (tertiary/aromatic N) is 1. The van der Waals surface area contributed by atoms with E-state index in [0.717, 1.165) is 50.0 Å². The van der Waals surface area contributed by atoms with Crippen molar-refractivity contribution in [2.45, 2.75) is 55.4 Å². The average molecular weight is 332 g/mol. The third-order valence-corrected chi connectivity index (χ3v) is 7.54. The minimum absolute atomic E-state index is 0.0221. The first-order chi connectivity index (χ1) is 11.2. The average Bonchev–Trinajstić information content (AvgIpc) is 2.95. The fraction of sp³-hybridized carbons (Fsp3) is 0.667. The number of allylic oxidation sites excluding steroid dienone is 3. The SMILES string of the molecule is O=C(NC1CCC(O)CC1)C1CS[C@@]23CC=CC=C2N=CC[C@H]13. The third kappa shape index (κ3) is 2.68. The number of aliphatic hydroxyl groups excluding tert-OH is 1. The standard InChI is InChI=1S/C18H24N2O2S/c21-13-6-4-12(5-7-13)20-17(22)14-11-23-18-9-2-1-3-16(18)19-10-8-15(14)18/h1-3,10,12-15,21H,4-9,11H2,(H,20,22)/t12?,13?,14?,15-,18-/m1/s1. The van der Waals surface area contributed by atoms with Crippen LogP contribution >= 0.6 is 11.8 Å². The second-order valence-corrected chi connectivity index (χ2v) is 8.51. The minimum atomic E-state index is -0.176. The molecule has 4 rings (SSSR count). The molecular formula is C18H24N2O2S. The van der Waals surface area contributed by atoms with Crippen molar-refractivity contribution in [1.29, 1.82) is 0 Å². The lowest BCUT2D eigenvalue weighted by Gasteiger charge is -2.39. The molecule has 0 radical (unpaired) electrons. The van der Waals surface area contributed by atoms with Gasteiger partial charge in [0, 0.05) is 18.0 Å². The zero-order valence-corrected chi connectivity index (χ0v) is 14.1. The molecule has 3 atom stereocenters. The molecule has 0 bridgehead atoms. The molecule has 2 N–H and O–H groups in total. The fourth-order valence-corrected chi connectivity index (χ4v) is 6.29. The lowest BCUT2D eigenvalue weighted by atomic mass is 9.73. The van der Waals surface area contributed by atoms with Crippen LogP contribution in [0.1, 0.15) is 38.5 Å². The second-order valence-electron chi connectivity index (χ2n) is 7.16. The normalized spacial score (nSPS) is 41.9. The van der Waals surface area contributed by atoms with Crippen LogP contribution in [0.25, 0.3) is 0 Å². The van der Waals surface area contributed by atoms with E-state index in [1.165, 1.54) is 0 Å². The molecule has 2 heterocycles. The Kier molecular flexibility index (Phi) is 4.10. The quantitative estimate of drug-likeness (QED) is 0.816. The van der Waals surface area contributed by atoms with Crippen molar-refractivity contribution in [2.75, 3.05) is 5.75 Å². The molecule has 1 spiro atoms. The van der Waals surface area contributed by atoms with Gasteiger partial charge in [-0.05, 0) is 50.5 Å². The first-order valence-corrected chi connectivity index (χ1v) is 9.70. The van der Waals surface area contributed by atoms with Gasteiger partial charge in [-0.3, -0.25) is 9.79 Å². The highest BCUT2D eigenvalue weighted by Crippen LogP contribution is 2.57. The Morgan fingerprint density at radius 2 is 2.17 bits per heavy atom. The molecule has 0 aromatic heterocycles. The predicted octanol–water partition coefficient (Wildman–Crippen LogP) is 2.44. The van der Waals surface area contributed by atoms with Gasteiger partial charge in [-0.1, -0.05) is 12.2 Å². The Balaban J connectivity index is 1.46. The molecule has 1 saturated carbocycles. The fourth-order valence-electron chi connectivity index (χ4n) is 4.47. The molecule has 4 nitrogen and oxygen atoms in total. The van der Waals surface area contributed by atoms with Gasteiger partial charge in [-0.2, -0.15) is 0 Å². The maximum Gasteiger partial charge on any atom is 0.224 e. The van der Waals surface area contributed by atoms with E-state index in [0.29, 0.717) is 5.92 Å². The van der Waals surface area contributed by atoms with Crippen LogP contribution in [0.15, 0.2) is 28.9 Å². The van der Waals surface area contributed by atoms with Gasteiger partial charge in [-0.25, -0.2) is 0 Å². The number of nitrogens with one attached hydrogen (secondary N) is 1. The van der Waals surface area contributed by atoms with Crippen molar-refractivity contribution in [1.82, 2.24) is 5.32 Å². The van der Waals surface area contributed by atoms with E-state index >= 15 is 0 Å². The molecule has 2 aliphatic carbocycles. The van der Waals surface area contributed by atoms with Crippen LogP contribution in [0.2, 0.25) is 0 Å². The summed E-state index contributed by atoms with van der Waals surface area (Å²) in [5, 5.41) is 12.9. The Bertz CT molecular complexity index is 578. The highest BCUT2D eigenvalue weighted by atomic mass is 32.2. The summed E-state index contributed by atoms with van der Waals surface area (Å²) in [6.45, 7) is 0. The van der Waals surface area contributed by atoms with Gasteiger partial charge in [0.15, 0.2) is 0 Å². The summed E-state index contributed by atoms with van der Waals surface area (Å²) in [4.78, 5) is 17.5. The Labute approximate surface area is 141 Å². The number of rotatable bonds is 2. The molecule has 1 saturated heterocycles. The summed E-state index contributed by atoms with van der Waals surface area (Å²) in [6, 6.07) is 0.242. The van der Waals surface area contributed by atoms with Crippen LogP contribution in [-0.4, -0.2) is 39.9 Å². The summed E-state index contributed by atoms with van der Waals surface area (Å²) >= 11 is 1.92. The second kappa shape index (κ2) is 6.10. The van der Waals surface area contributed by atoms with E-state index in [-0.39, 0.29) is 28.7 Å². The molecule has 2 fully saturated rings. The molecule has 1 unspecified atom stereocenters. The number of carbonyl (C=O) groups excluding carboxylic acids is 1. The van der Waals surface area contributed by atoms with Crippen molar-refractivity contribution in [3.63, 3.8) is 0 Å². The van der Waals surface area contributed by atoms with E-state index in [1.54, 1.807) is 0 Å². The van der Waals surface area contributed by atoms with Gasteiger partial charge in [0.25, 0.3) is 0 Å². The molecular weight excluding hydrogens is 308 g/mol. The lowest BCUT2D eigenvalue weighted by molar-refractivity contribution is -0.127. The number of hydrogen-bond donors (Lipinski definition) is 2. The Morgan fingerprint density at radius 1 is 1.35 bits per heavy atom. The largest absolute Gasteiger partial charge is 0.393 e. The number of aliphatic imine (C=N–C) groups is 1. The van der Waals surface area contributed by atoms with E-state index in [1.807, 2.05) is 18.0 Å².